The summed E-state index contributed by atoms with van der Waals surface area (Å²) in [6.45, 7) is 8.23. The summed E-state index contributed by atoms with van der Waals surface area (Å²) >= 11 is 0. The summed E-state index contributed by atoms with van der Waals surface area (Å²) in [5.74, 6) is 0.710. The van der Waals surface area contributed by atoms with Crippen LogP contribution in [0.2, 0.25) is 0 Å². The lowest BCUT2D eigenvalue weighted by atomic mass is 9.94. The van der Waals surface area contributed by atoms with Crippen molar-refractivity contribution in [1.29, 1.82) is 0 Å². The molecule has 5 nitrogen and oxygen atoms in total. The first kappa shape index (κ1) is 21.6. The maximum absolute atomic E-state index is 13.4. The maximum atomic E-state index is 13.4. The second-order valence-electron chi connectivity index (χ2n) is 9.43. The van der Waals surface area contributed by atoms with Gasteiger partial charge in [0, 0.05) is 38.0 Å². The van der Waals surface area contributed by atoms with E-state index in [0.717, 1.165) is 36.0 Å². The number of benzene rings is 2. The second kappa shape index (κ2) is 8.83. The minimum Gasteiger partial charge on any atom is -0.338 e. The van der Waals surface area contributed by atoms with Crippen LogP contribution in [0.5, 0.6) is 0 Å². The molecule has 2 heterocycles. The van der Waals surface area contributed by atoms with Crippen LogP contribution in [0.4, 0.5) is 0 Å². The number of nitrogens with zero attached hydrogens (tertiary/aromatic N) is 2. The van der Waals surface area contributed by atoms with Crippen molar-refractivity contribution >= 4 is 11.8 Å². The van der Waals surface area contributed by atoms with E-state index in [9.17, 15) is 9.59 Å². The van der Waals surface area contributed by atoms with Crippen molar-refractivity contribution in [2.45, 2.75) is 58.3 Å². The predicted octanol–water partition coefficient (Wildman–Crippen LogP) is 3.97. The molecule has 2 saturated heterocycles. The molecule has 164 valence electrons. The third-order valence-electron chi connectivity index (χ3n) is 6.59. The lowest BCUT2D eigenvalue weighted by Crippen LogP contribution is -2.59. The summed E-state index contributed by atoms with van der Waals surface area (Å²) in [6, 6.07) is 17.8. The topological polar surface area (TPSA) is 52.7 Å². The number of likely N-dealkylation sites (tertiary alicyclic amines) is 1. The molecule has 0 aliphatic carbocycles. The van der Waals surface area contributed by atoms with Crippen LogP contribution in [0.3, 0.4) is 0 Å². The lowest BCUT2D eigenvalue weighted by Gasteiger charge is -2.44. The Labute approximate surface area is 185 Å². The van der Waals surface area contributed by atoms with Gasteiger partial charge in [-0.1, -0.05) is 61.9 Å². The van der Waals surface area contributed by atoms with E-state index in [1.807, 2.05) is 59.2 Å². The van der Waals surface area contributed by atoms with E-state index in [1.54, 1.807) is 0 Å². The number of amides is 2. The molecule has 4 rings (SSSR count). The molecule has 2 aliphatic heterocycles. The minimum absolute atomic E-state index is 0.0764. The van der Waals surface area contributed by atoms with Gasteiger partial charge >= 0.3 is 0 Å². The molecule has 31 heavy (non-hydrogen) atoms. The van der Waals surface area contributed by atoms with Gasteiger partial charge in [-0.3, -0.25) is 14.9 Å². The van der Waals surface area contributed by atoms with Gasteiger partial charge < -0.3 is 9.80 Å². The van der Waals surface area contributed by atoms with Gasteiger partial charge in [-0.05, 0) is 37.0 Å². The quantitative estimate of drug-likeness (QED) is 0.798. The smallest absolute Gasteiger partial charge is 0.253 e. The lowest BCUT2D eigenvalue weighted by molar-refractivity contribution is -0.134. The first-order chi connectivity index (χ1) is 14.9. The number of hydrogen-bond acceptors (Lipinski definition) is 3. The Bertz CT molecular complexity index is 915. The zero-order valence-corrected chi connectivity index (χ0v) is 18.8. The standard InChI is InChI=1S/C26H33N3O2/c1-19(2)17-23-25(31)29(18-21-7-5-4-6-8-21)26(27-23)13-15-28(16-14-26)24(30)22-11-9-20(3)10-12-22/h4-12,19,23,27H,13-18H2,1-3H3. The number of piperidine rings is 1. The van der Waals surface area contributed by atoms with E-state index < -0.39 is 0 Å². The van der Waals surface area contributed by atoms with E-state index in [2.05, 4.69) is 31.3 Å². The molecule has 2 amide bonds. The van der Waals surface area contributed by atoms with Crippen molar-refractivity contribution in [3.63, 3.8) is 0 Å². The van der Waals surface area contributed by atoms with Crippen molar-refractivity contribution in [2.24, 2.45) is 5.92 Å². The van der Waals surface area contributed by atoms with Gasteiger partial charge in [-0.15, -0.1) is 0 Å². The third-order valence-corrected chi connectivity index (χ3v) is 6.59. The van der Waals surface area contributed by atoms with Gasteiger partial charge in [0.05, 0.1) is 11.7 Å². The van der Waals surface area contributed by atoms with Crippen LogP contribution in [0.1, 0.15) is 54.6 Å². The molecule has 2 aliphatic rings. The number of nitrogens with one attached hydrogen (secondary N) is 1. The molecule has 2 aromatic carbocycles. The van der Waals surface area contributed by atoms with Gasteiger partial charge in [-0.2, -0.15) is 0 Å². The van der Waals surface area contributed by atoms with E-state index >= 15 is 0 Å². The first-order valence-electron chi connectivity index (χ1n) is 11.4. The largest absolute Gasteiger partial charge is 0.338 e. The highest BCUT2D eigenvalue weighted by Crippen LogP contribution is 2.35. The highest BCUT2D eigenvalue weighted by Gasteiger charge is 2.51. The number of carbonyl (C=O) groups excluding carboxylic acids is 2. The molecule has 1 spiro atoms. The molecule has 1 unspecified atom stereocenters. The third kappa shape index (κ3) is 4.52. The van der Waals surface area contributed by atoms with E-state index in [0.29, 0.717) is 25.6 Å². The molecule has 2 aromatic rings. The van der Waals surface area contributed by atoms with Crippen LogP contribution in [-0.2, 0) is 11.3 Å². The Morgan fingerprint density at radius 3 is 2.32 bits per heavy atom. The zero-order valence-electron chi connectivity index (χ0n) is 18.8. The second-order valence-corrected chi connectivity index (χ2v) is 9.43. The van der Waals surface area contributed by atoms with Gasteiger partial charge in [0.2, 0.25) is 5.91 Å². The minimum atomic E-state index is -0.378. The van der Waals surface area contributed by atoms with E-state index in [4.69, 9.17) is 0 Å². The number of aryl methyl sites for hydroxylation is 1. The van der Waals surface area contributed by atoms with E-state index in [-0.39, 0.29) is 23.5 Å². The summed E-state index contributed by atoms with van der Waals surface area (Å²) < 4.78 is 0. The summed E-state index contributed by atoms with van der Waals surface area (Å²) in [7, 11) is 0. The molecule has 0 saturated carbocycles. The van der Waals surface area contributed by atoms with Crippen molar-refractivity contribution in [3.8, 4) is 0 Å². The highest BCUT2D eigenvalue weighted by molar-refractivity contribution is 5.94. The van der Waals surface area contributed by atoms with Gasteiger partial charge in [0.15, 0.2) is 0 Å². The molecule has 0 bridgehead atoms. The van der Waals surface area contributed by atoms with Gasteiger partial charge in [0.1, 0.15) is 0 Å². The van der Waals surface area contributed by atoms with E-state index in [1.165, 1.54) is 0 Å². The Balaban J connectivity index is 1.51. The van der Waals surface area contributed by atoms with Crippen LogP contribution in [-0.4, -0.2) is 46.4 Å². The van der Waals surface area contributed by atoms with Crippen LogP contribution < -0.4 is 5.32 Å². The average Bonchev–Trinajstić information content (AvgIpc) is 3.00. The number of hydrogen-bond donors (Lipinski definition) is 1. The van der Waals surface area contributed by atoms with Gasteiger partial charge in [0.25, 0.3) is 5.91 Å². The van der Waals surface area contributed by atoms with Crippen molar-refractivity contribution in [3.05, 3.63) is 71.3 Å². The Morgan fingerprint density at radius 2 is 1.71 bits per heavy atom. The molecule has 1 atom stereocenters. The van der Waals surface area contributed by atoms with Crippen molar-refractivity contribution < 1.29 is 9.59 Å². The fraction of sp³-hybridized carbons (Fsp3) is 0.462. The fourth-order valence-electron chi connectivity index (χ4n) is 4.86. The van der Waals surface area contributed by atoms with Gasteiger partial charge in [-0.25, -0.2) is 0 Å². The summed E-state index contributed by atoms with van der Waals surface area (Å²) in [4.78, 5) is 30.3. The average molecular weight is 420 g/mol. The summed E-state index contributed by atoms with van der Waals surface area (Å²) in [5.41, 5.74) is 2.64. The van der Waals surface area contributed by atoms with Crippen LogP contribution in [0.25, 0.3) is 0 Å². The molecular weight excluding hydrogens is 386 g/mol. The first-order valence-corrected chi connectivity index (χ1v) is 11.4. The van der Waals surface area contributed by atoms with Crippen molar-refractivity contribution in [2.75, 3.05) is 13.1 Å². The number of carbonyl (C=O) groups is 2. The van der Waals surface area contributed by atoms with Crippen molar-refractivity contribution in [1.82, 2.24) is 15.1 Å². The predicted molar refractivity (Wildman–Crippen MR) is 122 cm³/mol. The maximum Gasteiger partial charge on any atom is 0.253 e. The monoisotopic (exact) mass is 419 g/mol. The number of rotatable bonds is 5. The zero-order chi connectivity index (χ0) is 22.0. The Morgan fingerprint density at radius 1 is 1.06 bits per heavy atom. The fourth-order valence-corrected chi connectivity index (χ4v) is 4.86. The molecule has 0 radical (unpaired) electrons. The molecule has 5 heteroatoms. The molecular formula is C26H33N3O2. The van der Waals surface area contributed by atoms with Crippen LogP contribution in [0, 0.1) is 12.8 Å². The van der Waals surface area contributed by atoms with Crippen LogP contribution in [0.15, 0.2) is 54.6 Å². The summed E-state index contributed by atoms with van der Waals surface area (Å²) in [6.07, 6.45) is 2.33. The van der Waals surface area contributed by atoms with Crippen LogP contribution >= 0.6 is 0 Å². The normalized spacial score (nSPS) is 20.6. The Hall–Kier alpha value is -2.66. The highest BCUT2D eigenvalue weighted by atomic mass is 16.2. The molecule has 1 N–H and O–H groups in total. The Kier molecular flexibility index (Phi) is 6.15. The molecule has 0 aromatic heterocycles. The summed E-state index contributed by atoms with van der Waals surface area (Å²) in [5, 5.41) is 3.70. The SMILES string of the molecule is Cc1ccc(C(=O)N2CCC3(CC2)NC(CC(C)C)C(=O)N3Cc2ccccc2)cc1. The molecule has 2 fully saturated rings.